The summed E-state index contributed by atoms with van der Waals surface area (Å²) < 4.78 is 26.4. The first-order chi connectivity index (χ1) is 8.89. The van der Waals surface area contributed by atoms with Gasteiger partial charge in [0, 0.05) is 24.7 Å². The van der Waals surface area contributed by atoms with E-state index in [-0.39, 0.29) is 16.6 Å². The molecule has 0 aliphatic carbocycles. The molecule has 8 heteroatoms. The summed E-state index contributed by atoms with van der Waals surface area (Å²) >= 11 is 12.8. The number of aromatic nitrogens is 1. The largest absolute Gasteiger partial charge is 0.244 e. The van der Waals surface area contributed by atoms with Gasteiger partial charge in [-0.1, -0.05) is 23.2 Å². The van der Waals surface area contributed by atoms with Crippen molar-refractivity contribution in [2.75, 3.05) is 7.05 Å². The monoisotopic (exact) mass is 336 g/mol. The molecule has 2 aromatic heterocycles. The van der Waals surface area contributed by atoms with E-state index in [1.807, 2.05) is 0 Å². The lowest BCUT2D eigenvalue weighted by Gasteiger charge is -2.16. The highest BCUT2D eigenvalue weighted by Gasteiger charge is 2.21. The van der Waals surface area contributed by atoms with E-state index >= 15 is 0 Å². The quantitative estimate of drug-likeness (QED) is 0.805. The van der Waals surface area contributed by atoms with E-state index in [2.05, 4.69) is 4.98 Å². The standard InChI is InChI=1S/C11H10Cl2N2O2S2/c1-15(7-8-2-5-11(13)18-8)19(16,17)9-3-4-10(12)14-6-9/h2-6H,7H2,1H3. The number of halogens is 2. The van der Waals surface area contributed by atoms with Gasteiger partial charge in [0.2, 0.25) is 10.0 Å². The van der Waals surface area contributed by atoms with Crippen LogP contribution in [0.3, 0.4) is 0 Å². The van der Waals surface area contributed by atoms with Gasteiger partial charge < -0.3 is 0 Å². The minimum Gasteiger partial charge on any atom is -0.243 e. The minimum atomic E-state index is -3.57. The molecular weight excluding hydrogens is 327 g/mol. The van der Waals surface area contributed by atoms with Crippen LogP contribution < -0.4 is 0 Å². The molecule has 0 spiro atoms. The first-order valence-corrected chi connectivity index (χ1v) is 8.23. The van der Waals surface area contributed by atoms with Gasteiger partial charge in [0.05, 0.1) is 4.34 Å². The van der Waals surface area contributed by atoms with Crippen LogP contribution >= 0.6 is 34.5 Å². The van der Waals surface area contributed by atoms with E-state index < -0.39 is 10.0 Å². The van der Waals surface area contributed by atoms with E-state index in [9.17, 15) is 8.42 Å². The Balaban J connectivity index is 2.21. The zero-order valence-electron chi connectivity index (χ0n) is 9.88. The van der Waals surface area contributed by atoms with Gasteiger partial charge in [0.15, 0.2) is 0 Å². The van der Waals surface area contributed by atoms with Gasteiger partial charge in [-0.3, -0.25) is 0 Å². The topological polar surface area (TPSA) is 50.3 Å². The second-order valence-corrected chi connectivity index (χ2v) is 8.02. The number of hydrogen-bond donors (Lipinski definition) is 0. The summed E-state index contributed by atoms with van der Waals surface area (Å²) in [6.45, 7) is 0.266. The molecular formula is C11H10Cl2N2O2S2. The van der Waals surface area contributed by atoms with Crippen molar-refractivity contribution in [1.29, 1.82) is 0 Å². The van der Waals surface area contributed by atoms with E-state index in [0.29, 0.717) is 4.34 Å². The number of thiophene rings is 1. The van der Waals surface area contributed by atoms with Crippen molar-refractivity contribution in [3.8, 4) is 0 Å². The Morgan fingerprint density at radius 2 is 2.00 bits per heavy atom. The third kappa shape index (κ3) is 3.46. The lowest BCUT2D eigenvalue weighted by atomic mass is 10.5. The van der Waals surface area contributed by atoms with Gasteiger partial charge in [0.1, 0.15) is 10.0 Å². The molecule has 2 heterocycles. The second kappa shape index (κ2) is 5.76. The van der Waals surface area contributed by atoms with Crippen molar-refractivity contribution in [3.63, 3.8) is 0 Å². The van der Waals surface area contributed by atoms with Crippen LogP contribution in [0.2, 0.25) is 9.49 Å². The number of sulfonamides is 1. The summed E-state index contributed by atoms with van der Waals surface area (Å²) in [6.07, 6.45) is 1.25. The van der Waals surface area contributed by atoms with E-state index in [4.69, 9.17) is 23.2 Å². The van der Waals surface area contributed by atoms with Crippen molar-refractivity contribution < 1.29 is 8.42 Å². The van der Waals surface area contributed by atoms with Crippen molar-refractivity contribution in [2.45, 2.75) is 11.4 Å². The molecule has 0 amide bonds. The predicted molar refractivity (Wildman–Crippen MR) is 77.2 cm³/mol. The number of pyridine rings is 1. The van der Waals surface area contributed by atoms with Crippen LogP contribution in [-0.4, -0.2) is 24.8 Å². The van der Waals surface area contributed by atoms with Crippen LogP contribution in [0.4, 0.5) is 0 Å². The molecule has 2 rings (SSSR count). The number of nitrogens with zero attached hydrogens (tertiary/aromatic N) is 2. The third-order valence-corrected chi connectivity index (χ3v) is 5.64. The maximum Gasteiger partial charge on any atom is 0.244 e. The van der Waals surface area contributed by atoms with Gasteiger partial charge in [-0.2, -0.15) is 4.31 Å². The maximum absolute atomic E-state index is 12.3. The van der Waals surface area contributed by atoms with Crippen LogP contribution in [0.1, 0.15) is 4.88 Å². The average Bonchev–Trinajstić information content (AvgIpc) is 2.75. The molecule has 4 nitrogen and oxygen atoms in total. The fourth-order valence-corrected chi connectivity index (χ4v) is 3.87. The molecule has 0 saturated heterocycles. The van der Waals surface area contributed by atoms with Crippen molar-refractivity contribution in [3.05, 3.63) is 44.8 Å². The SMILES string of the molecule is CN(Cc1ccc(Cl)s1)S(=O)(=O)c1ccc(Cl)nc1. The van der Waals surface area contributed by atoms with Crippen molar-refractivity contribution >= 4 is 44.6 Å². The molecule has 0 aliphatic rings. The Morgan fingerprint density at radius 3 is 2.53 bits per heavy atom. The van der Waals surface area contributed by atoms with Gasteiger partial charge in [-0.15, -0.1) is 11.3 Å². The Bertz CT molecular complexity index is 668. The molecule has 102 valence electrons. The molecule has 0 bridgehead atoms. The summed E-state index contributed by atoms with van der Waals surface area (Å²) in [5.41, 5.74) is 0. The van der Waals surface area contributed by atoms with Crippen molar-refractivity contribution in [1.82, 2.24) is 9.29 Å². The molecule has 0 atom stereocenters. The van der Waals surface area contributed by atoms with Gasteiger partial charge in [-0.05, 0) is 24.3 Å². The Hall–Kier alpha value is -0.660. The lowest BCUT2D eigenvalue weighted by Crippen LogP contribution is -2.26. The molecule has 0 aliphatic heterocycles. The van der Waals surface area contributed by atoms with Crippen LogP contribution in [0.15, 0.2) is 35.4 Å². The zero-order chi connectivity index (χ0) is 14.0. The molecule has 0 unspecified atom stereocenters. The second-order valence-electron chi connectivity index (χ2n) is 3.78. The van der Waals surface area contributed by atoms with Crippen LogP contribution in [-0.2, 0) is 16.6 Å². The van der Waals surface area contributed by atoms with E-state index in [1.165, 1.54) is 41.0 Å². The van der Waals surface area contributed by atoms with Gasteiger partial charge >= 0.3 is 0 Å². The smallest absolute Gasteiger partial charge is 0.243 e. The normalized spacial score (nSPS) is 12.0. The Labute approximate surface area is 125 Å². The molecule has 0 aromatic carbocycles. The van der Waals surface area contributed by atoms with Crippen molar-refractivity contribution in [2.24, 2.45) is 0 Å². The lowest BCUT2D eigenvalue weighted by molar-refractivity contribution is 0.469. The highest BCUT2D eigenvalue weighted by atomic mass is 35.5. The highest BCUT2D eigenvalue weighted by molar-refractivity contribution is 7.89. The molecule has 2 aromatic rings. The molecule has 0 saturated carbocycles. The molecule has 19 heavy (non-hydrogen) atoms. The molecule has 0 N–H and O–H groups in total. The summed E-state index contributed by atoms with van der Waals surface area (Å²) in [5.74, 6) is 0. The summed E-state index contributed by atoms with van der Waals surface area (Å²) in [7, 11) is -2.06. The summed E-state index contributed by atoms with van der Waals surface area (Å²) in [5, 5.41) is 0.256. The first kappa shape index (κ1) is 14.7. The summed E-state index contributed by atoms with van der Waals surface area (Å²) in [6, 6.07) is 6.43. The highest BCUT2D eigenvalue weighted by Crippen LogP contribution is 2.24. The van der Waals surface area contributed by atoms with E-state index in [0.717, 1.165) is 4.88 Å². The van der Waals surface area contributed by atoms with Crippen LogP contribution in [0.25, 0.3) is 0 Å². The Kier molecular flexibility index (Phi) is 4.47. The molecule has 0 fully saturated rings. The Morgan fingerprint density at radius 1 is 1.26 bits per heavy atom. The molecule has 0 radical (unpaired) electrons. The average molecular weight is 337 g/mol. The summed E-state index contributed by atoms with van der Waals surface area (Å²) in [4.78, 5) is 4.77. The number of rotatable bonds is 4. The van der Waals surface area contributed by atoms with Crippen LogP contribution in [0, 0.1) is 0 Å². The van der Waals surface area contributed by atoms with Gasteiger partial charge in [-0.25, -0.2) is 13.4 Å². The predicted octanol–water partition coefficient (Wildman–Crippen LogP) is 3.27. The third-order valence-electron chi connectivity index (χ3n) is 2.42. The van der Waals surface area contributed by atoms with Crippen LogP contribution in [0.5, 0.6) is 0 Å². The van der Waals surface area contributed by atoms with E-state index in [1.54, 1.807) is 12.1 Å². The number of hydrogen-bond acceptors (Lipinski definition) is 4. The maximum atomic E-state index is 12.3. The fraction of sp³-hybridized carbons (Fsp3) is 0.182. The van der Waals surface area contributed by atoms with Gasteiger partial charge in [0.25, 0.3) is 0 Å². The first-order valence-electron chi connectivity index (χ1n) is 5.22. The fourth-order valence-electron chi connectivity index (χ4n) is 1.44. The zero-order valence-corrected chi connectivity index (χ0v) is 13.0. The minimum absolute atomic E-state index is 0.113.